The minimum Gasteiger partial charge on any atom is -0.391 e. The first-order chi connectivity index (χ1) is 9.70. The number of aliphatic hydroxyl groups excluding tert-OH is 1. The number of carbonyl (C=O) groups excluding carboxylic acids is 1. The maximum absolute atomic E-state index is 13.1. The van der Waals surface area contributed by atoms with Gasteiger partial charge in [0.25, 0.3) is 0 Å². The van der Waals surface area contributed by atoms with Crippen molar-refractivity contribution in [3.63, 3.8) is 0 Å². The molecule has 0 spiro atoms. The second-order valence-corrected chi connectivity index (χ2v) is 6.70. The molecular formula is C17H26FNO2. The molecule has 1 amide bonds. The van der Waals surface area contributed by atoms with Crippen molar-refractivity contribution in [2.24, 2.45) is 11.3 Å². The van der Waals surface area contributed by atoms with Crippen molar-refractivity contribution < 1.29 is 14.3 Å². The Hall–Kier alpha value is -1.42. The average molecular weight is 295 g/mol. The zero-order chi connectivity index (χ0) is 16.0. The first kappa shape index (κ1) is 17.6. The van der Waals surface area contributed by atoms with Crippen LogP contribution in [0.1, 0.15) is 39.7 Å². The molecule has 0 bridgehead atoms. The van der Waals surface area contributed by atoms with Crippen LogP contribution in [0.4, 0.5) is 4.39 Å². The van der Waals surface area contributed by atoms with Gasteiger partial charge in [-0.25, -0.2) is 4.39 Å². The summed E-state index contributed by atoms with van der Waals surface area (Å²) in [5.74, 6) is -0.493. The van der Waals surface area contributed by atoms with E-state index in [0.29, 0.717) is 12.8 Å². The van der Waals surface area contributed by atoms with Crippen LogP contribution >= 0.6 is 0 Å². The number of nitrogens with one attached hydrogen (secondary N) is 1. The molecule has 0 aliphatic heterocycles. The van der Waals surface area contributed by atoms with Gasteiger partial charge in [0.1, 0.15) is 5.82 Å². The molecule has 2 atom stereocenters. The van der Waals surface area contributed by atoms with Crippen molar-refractivity contribution in [2.75, 3.05) is 6.54 Å². The molecule has 0 heterocycles. The lowest BCUT2D eigenvalue weighted by Crippen LogP contribution is -2.41. The number of aryl methyl sites for hydroxylation is 1. The van der Waals surface area contributed by atoms with Gasteiger partial charge in [-0.3, -0.25) is 4.79 Å². The van der Waals surface area contributed by atoms with E-state index in [-0.39, 0.29) is 29.6 Å². The number of aliphatic hydroxyl groups is 1. The fraction of sp³-hybridized carbons (Fsp3) is 0.588. The van der Waals surface area contributed by atoms with E-state index >= 15 is 0 Å². The number of amides is 1. The molecule has 3 nitrogen and oxygen atoms in total. The van der Waals surface area contributed by atoms with Crippen LogP contribution in [0.15, 0.2) is 24.3 Å². The topological polar surface area (TPSA) is 49.3 Å². The summed E-state index contributed by atoms with van der Waals surface area (Å²) in [5, 5.41) is 12.7. The summed E-state index contributed by atoms with van der Waals surface area (Å²) in [6.45, 7) is 7.89. The van der Waals surface area contributed by atoms with Crippen molar-refractivity contribution in [1.29, 1.82) is 0 Å². The summed E-state index contributed by atoms with van der Waals surface area (Å²) in [6, 6.07) is 6.44. The SMILES string of the molecule is CC(CCc1cccc(F)c1)C(=O)NCC(O)C(C)(C)C. The zero-order valence-electron chi connectivity index (χ0n) is 13.3. The highest BCUT2D eigenvalue weighted by molar-refractivity contribution is 5.78. The van der Waals surface area contributed by atoms with Crippen LogP contribution in [0.3, 0.4) is 0 Å². The number of rotatable bonds is 6. The molecule has 118 valence electrons. The molecule has 0 radical (unpaired) electrons. The lowest BCUT2D eigenvalue weighted by molar-refractivity contribution is -0.125. The lowest BCUT2D eigenvalue weighted by atomic mass is 9.89. The van der Waals surface area contributed by atoms with Crippen LogP contribution in [0, 0.1) is 17.2 Å². The number of carbonyl (C=O) groups is 1. The highest BCUT2D eigenvalue weighted by atomic mass is 19.1. The monoisotopic (exact) mass is 295 g/mol. The summed E-state index contributed by atoms with van der Waals surface area (Å²) in [5.41, 5.74) is 0.641. The summed E-state index contributed by atoms with van der Waals surface area (Å²) in [6.07, 6.45) is 0.742. The third-order valence-electron chi connectivity index (χ3n) is 3.67. The van der Waals surface area contributed by atoms with E-state index in [1.807, 2.05) is 33.8 Å². The first-order valence-corrected chi connectivity index (χ1v) is 7.40. The van der Waals surface area contributed by atoms with Crippen LogP contribution in [0.25, 0.3) is 0 Å². The number of hydrogen-bond donors (Lipinski definition) is 2. The van der Waals surface area contributed by atoms with Gasteiger partial charge in [0.2, 0.25) is 5.91 Å². The van der Waals surface area contributed by atoms with Gasteiger partial charge in [-0.05, 0) is 36.0 Å². The third-order valence-corrected chi connectivity index (χ3v) is 3.67. The zero-order valence-corrected chi connectivity index (χ0v) is 13.3. The summed E-state index contributed by atoms with van der Waals surface area (Å²) < 4.78 is 13.1. The van der Waals surface area contributed by atoms with Crippen molar-refractivity contribution in [3.8, 4) is 0 Å². The molecular weight excluding hydrogens is 269 g/mol. The second-order valence-electron chi connectivity index (χ2n) is 6.70. The Balaban J connectivity index is 2.38. The maximum Gasteiger partial charge on any atom is 0.222 e. The molecule has 0 aliphatic carbocycles. The molecule has 2 unspecified atom stereocenters. The maximum atomic E-state index is 13.1. The standard InChI is InChI=1S/C17H26FNO2/c1-12(8-9-13-6-5-7-14(18)10-13)16(21)19-11-15(20)17(2,3)4/h5-7,10,12,15,20H,8-9,11H2,1-4H3,(H,19,21). The lowest BCUT2D eigenvalue weighted by Gasteiger charge is -2.26. The van der Waals surface area contributed by atoms with Gasteiger partial charge in [-0.2, -0.15) is 0 Å². The molecule has 4 heteroatoms. The van der Waals surface area contributed by atoms with E-state index < -0.39 is 6.10 Å². The normalized spacial score (nSPS) is 14.6. The largest absolute Gasteiger partial charge is 0.391 e. The van der Waals surface area contributed by atoms with E-state index in [2.05, 4.69) is 5.32 Å². The predicted molar refractivity (Wildman–Crippen MR) is 82.4 cm³/mol. The molecule has 0 aliphatic rings. The summed E-state index contributed by atoms with van der Waals surface area (Å²) in [7, 11) is 0. The molecule has 2 N–H and O–H groups in total. The Kier molecular flexibility index (Phi) is 6.34. The molecule has 0 fully saturated rings. The van der Waals surface area contributed by atoms with E-state index in [4.69, 9.17) is 0 Å². The Bertz CT molecular complexity index is 468. The van der Waals surface area contributed by atoms with Crippen molar-refractivity contribution in [2.45, 2.75) is 46.6 Å². The van der Waals surface area contributed by atoms with Crippen molar-refractivity contribution in [1.82, 2.24) is 5.32 Å². The summed E-state index contributed by atoms with van der Waals surface area (Å²) in [4.78, 5) is 12.0. The Labute approximate surface area is 126 Å². The second kappa shape index (κ2) is 7.55. The van der Waals surface area contributed by atoms with Crippen molar-refractivity contribution in [3.05, 3.63) is 35.6 Å². The fourth-order valence-corrected chi connectivity index (χ4v) is 1.88. The van der Waals surface area contributed by atoms with Gasteiger partial charge in [-0.1, -0.05) is 39.8 Å². The molecule has 0 saturated heterocycles. The van der Waals surface area contributed by atoms with E-state index in [1.165, 1.54) is 12.1 Å². The van der Waals surface area contributed by atoms with Gasteiger partial charge < -0.3 is 10.4 Å². The quantitative estimate of drug-likeness (QED) is 0.848. The van der Waals surface area contributed by atoms with Crippen LogP contribution < -0.4 is 5.32 Å². The highest BCUT2D eigenvalue weighted by Crippen LogP contribution is 2.18. The fourth-order valence-electron chi connectivity index (χ4n) is 1.88. The number of benzene rings is 1. The van der Waals surface area contributed by atoms with E-state index in [1.54, 1.807) is 6.07 Å². The molecule has 1 rings (SSSR count). The number of halogens is 1. The minimum absolute atomic E-state index is 0.0743. The number of hydrogen-bond acceptors (Lipinski definition) is 2. The van der Waals surface area contributed by atoms with Gasteiger partial charge in [0, 0.05) is 12.5 Å². The highest BCUT2D eigenvalue weighted by Gasteiger charge is 2.23. The van der Waals surface area contributed by atoms with Gasteiger partial charge in [-0.15, -0.1) is 0 Å². The van der Waals surface area contributed by atoms with Crippen LogP contribution in [0.2, 0.25) is 0 Å². The van der Waals surface area contributed by atoms with Gasteiger partial charge in [0.05, 0.1) is 6.10 Å². The third kappa shape index (κ3) is 6.25. The van der Waals surface area contributed by atoms with Crippen LogP contribution in [-0.2, 0) is 11.2 Å². The average Bonchev–Trinajstić information content (AvgIpc) is 2.40. The first-order valence-electron chi connectivity index (χ1n) is 7.40. The van der Waals surface area contributed by atoms with E-state index in [9.17, 15) is 14.3 Å². The molecule has 21 heavy (non-hydrogen) atoms. The molecule has 1 aromatic carbocycles. The van der Waals surface area contributed by atoms with Crippen molar-refractivity contribution >= 4 is 5.91 Å². The Morgan fingerprint density at radius 3 is 2.62 bits per heavy atom. The summed E-state index contributed by atoms with van der Waals surface area (Å²) >= 11 is 0. The molecule has 0 aromatic heterocycles. The Morgan fingerprint density at radius 2 is 2.05 bits per heavy atom. The van der Waals surface area contributed by atoms with Gasteiger partial charge >= 0.3 is 0 Å². The van der Waals surface area contributed by atoms with E-state index in [0.717, 1.165) is 5.56 Å². The Morgan fingerprint density at radius 1 is 1.38 bits per heavy atom. The smallest absolute Gasteiger partial charge is 0.222 e. The van der Waals surface area contributed by atoms with Crippen LogP contribution in [-0.4, -0.2) is 23.7 Å². The minimum atomic E-state index is -0.572. The predicted octanol–water partition coefficient (Wildman–Crippen LogP) is 2.92. The molecule has 1 aromatic rings. The molecule has 0 saturated carbocycles. The van der Waals surface area contributed by atoms with Crippen LogP contribution in [0.5, 0.6) is 0 Å². The van der Waals surface area contributed by atoms with Gasteiger partial charge in [0.15, 0.2) is 0 Å².